The van der Waals surface area contributed by atoms with Gasteiger partial charge in [-0.2, -0.15) is 0 Å². The number of aryl methyl sites for hydroxylation is 1. The summed E-state index contributed by atoms with van der Waals surface area (Å²) in [6, 6.07) is 5.88. The number of nitrogens with zero attached hydrogens (tertiary/aromatic N) is 1. The summed E-state index contributed by atoms with van der Waals surface area (Å²) in [7, 11) is 0. The Morgan fingerprint density at radius 2 is 2.12 bits per heavy atom. The van der Waals surface area contributed by atoms with Gasteiger partial charge in [-0.3, -0.25) is 14.5 Å². The summed E-state index contributed by atoms with van der Waals surface area (Å²) >= 11 is 0. The highest BCUT2D eigenvalue weighted by molar-refractivity contribution is 6.07. The maximum Gasteiger partial charge on any atom is 0.246 e. The van der Waals surface area contributed by atoms with E-state index in [0.717, 1.165) is 23.2 Å². The van der Waals surface area contributed by atoms with Crippen LogP contribution in [0.15, 0.2) is 18.2 Å². The number of carbonyl (C=O) groups excluding carboxylic acids is 2. The number of hydrogen-bond donors (Lipinski definition) is 1. The number of benzene rings is 1. The van der Waals surface area contributed by atoms with E-state index in [1.54, 1.807) is 4.90 Å². The van der Waals surface area contributed by atoms with Gasteiger partial charge in [0.2, 0.25) is 11.8 Å². The molecule has 5 nitrogen and oxygen atoms in total. The summed E-state index contributed by atoms with van der Waals surface area (Å²) in [5.41, 5.74) is 2.17. The Hall–Kier alpha value is -1.88. The molecule has 5 heteroatoms. The van der Waals surface area contributed by atoms with Crippen molar-refractivity contribution in [3.05, 3.63) is 29.3 Å². The maximum atomic E-state index is 12.8. The van der Waals surface area contributed by atoms with Gasteiger partial charge in [-0.25, -0.2) is 0 Å². The second-order valence-electron chi connectivity index (χ2n) is 6.53. The summed E-state index contributed by atoms with van der Waals surface area (Å²) < 4.78 is 5.29. The van der Waals surface area contributed by atoms with Gasteiger partial charge in [0.25, 0.3) is 0 Å². The summed E-state index contributed by atoms with van der Waals surface area (Å²) in [5, 5.41) is 2.97. The molecule has 24 heavy (non-hydrogen) atoms. The molecule has 0 aliphatic carbocycles. The largest absolute Gasteiger partial charge is 0.382 e. The monoisotopic (exact) mass is 332 g/mol. The lowest BCUT2D eigenvalue weighted by Crippen LogP contribution is -2.55. The maximum absolute atomic E-state index is 12.8. The van der Waals surface area contributed by atoms with E-state index in [4.69, 9.17) is 4.74 Å². The minimum atomic E-state index is -0.832. The Morgan fingerprint density at radius 3 is 2.83 bits per heavy atom. The van der Waals surface area contributed by atoms with Gasteiger partial charge in [-0.1, -0.05) is 12.1 Å². The fourth-order valence-electron chi connectivity index (χ4n) is 3.15. The molecule has 2 rings (SSSR count). The molecule has 0 aromatic heterocycles. The van der Waals surface area contributed by atoms with Crippen molar-refractivity contribution in [2.45, 2.75) is 52.5 Å². The highest BCUT2D eigenvalue weighted by Gasteiger charge is 2.48. The molecule has 0 saturated carbocycles. The van der Waals surface area contributed by atoms with Crippen LogP contribution in [0.25, 0.3) is 0 Å². The predicted octanol–water partition coefficient (Wildman–Crippen LogP) is 2.73. The third-order valence-electron chi connectivity index (χ3n) is 4.83. The Kier molecular flexibility index (Phi) is 5.99. The molecule has 1 fully saturated rings. The first-order valence-corrected chi connectivity index (χ1v) is 8.67. The van der Waals surface area contributed by atoms with Crippen LogP contribution in [0.3, 0.4) is 0 Å². The molecular weight excluding hydrogens is 304 g/mol. The quantitative estimate of drug-likeness (QED) is 0.781. The average molecular weight is 332 g/mol. The molecule has 1 saturated heterocycles. The minimum Gasteiger partial charge on any atom is -0.382 e. The Labute approximate surface area is 144 Å². The highest BCUT2D eigenvalue weighted by atomic mass is 16.5. The molecular formula is C19H28N2O3. The van der Waals surface area contributed by atoms with E-state index < -0.39 is 5.54 Å². The lowest BCUT2D eigenvalue weighted by Gasteiger charge is -2.35. The van der Waals surface area contributed by atoms with Crippen molar-refractivity contribution >= 4 is 17.5 Å². The molecule has 1 aliphatic heterocycles. The SMILES string of the molecule is CCOCCCNC(=O)[C@@]1(C)CCC(=O)N1c1cccc(C)c1C. The van der Waals surface area contributed by atoms with Crippen LogP contribution in [0.4, 0.5) is 5.69 Å². The van der Waals surface area contributed by atoms with Gasteiger partial charge in [0.15, 0.2) is 0 Å². The van der Waals surface area contributed by atoms with Gasteiger partial charge < -0.3 is 10.1 Å². The zero-order valence-corrected chi connectivity index (χ0v) is 15.1. The summed E-state index contributed by atoms with van der Waals surface area (Å²) in [6.45, 7) is 9.70. The number of rotatable bonds is 7. The van der Waals surface area contributed by atoms with Crippen molar-refractivity contribution in [2.24, 2.45) is 0 Å². The second-order valence-corrected chi connectivity index (χ2v) is 6.53. The number of amides is 2. The number of anilines is 1. The van der Waals surface area contributed by atoms with E-state index in [1.807, 2.05) is 45.9 Å². The first-order valence-electron chi connectivity index (χ1n) is 8.67. The predicted molar refractivity (Wildman–Crippen MR) is 95.2 cm³/mol. The third kappa shape index (κ3) is 3.61. The fraction of sp³-hybridized carbons (Fsp3) is 0.579. The van der Waals surface area contributed by atoms with Crippen molar-refractivity contribution in [1.29, 1.82) is 0 Å². The van der Waals surface area contributed by atoms with E-state index >= 15 is 0 Å². The molecule has 1 aliphatic rings. The molecule has 1 aromatic rings. The van der Waals surface area contributed by atoms with Crippen LogP contribution in [0.1, 0.15) is 44.2 Å². The zero-order chi connectivity index (χ0) is 17.7. The van der Waals surface area contributed by atoms with Crippen molar-refractivity contribution in [1.82, 2.24) is 5.32 Å². The van der Waals surface area contributed by atoms with E-state index in [9.17, 15) is 9.59 Å². The lowest BCUT2D eigenvalue weighted by atomic mass is 9.95. The lowest BCUT2D eigenvalue weighted by molar-refractivity contribution is -0.127. The van der Waals surface area contributed by atoms with Crippen LogP contribution < -0.4 is 10.2 Å². The molecule has 0 spiro atoms. The molecule has 1 N–H and O–H groups in total. The minimum absolute atomic E-state index is 0.00988. The molecule has 2 amide bonds. The Morgan fingerprint density at radius 1 is 1.38 bits per heavy atom. The standard InChI is InChI=1S/C19H28N2O3/c1-5-24-13-7-12-20-18(23)19(4)11-10-17(22)21(19)16-9-6-8-14(2)15(16)3/h6,8-9H,5,7,10-13H2,1-4H3,(H,20,23)/t19-/m1/s1. The Bertz CT molecular complexity index is 615. The number of carbonyl (C=O) groups is 2. The topological polar surface area (TPSA) is 58.6 Å². The second kappa shape index (κ2) is 7.79. The summed E-state index contributed by atoms with van der Waals surface area (Å²) in [4.78, 5) is 27.0. The normalized spacial score (nSPS) is 20.5. The van der Waals surface area contributed by atoms with Crippen molar-refractivity contribution in [3.63, 3.8) is 0 Å². The highest BCUT2D eigenvalue weighted by Crippen LogP contribution is 2.37. The first-order chi connectivity index (χ1) is 11.4. The Balaban J connectivity index is 2.16. The molecule has 0 unspecified atom stereocenters. The molecule has 1 atom stereocenters. The van der Waals surface area contributed by atoms with E-state index in [2.05, 4.69) is 5.32 Å². The fourth-order valence-corrected chi connectivity index (χ4v) is 3.15. The van der Waals surface area contributed by atoms with E-state index in [0.29, 0.717) is 32.6 Å². The van der Waals surface area contributed by atoms with Crippen LogP contribution in [-0.2, 0) is 14.3 Å². The van der Waals surface area contributed by atoms with Crippen LogP contribution in [-0.4, -0.2) is 37.1 Å². The van der Waals surface area contributed by atoms with Gasteiger partial charge in [-0.15, -0.1) is 0 Å². The van der Waals surface area contributed by atoms with Crippen LogP contribution in [0.5, 0.6) is 0 Å². The molecule has 0 bridgehead atoms. The van der Waals surface area contributed by atoms with E-state index in [1.165, 1.54) is 0 Å². The number of ether oxygens (including phenoxy) is 1. The van der Waals surface area contributed by atoms with Gasteiger partial charge in [0.1, 0.15) is 5.54 Å². The van der Waals surface area contributed by atoms with Gasteiger partial charge in [0, 0.05) is 31.9 Å². The van der Waals surface area contributed by atoms with Crippen LogP contribution in [0.2, 0.25) is 0 Å². The smallest absolute Gasteiger partial charge is 0.246 e. The number of nitrogens with one attached hydrogen (secondary N) is 1. The molecule has 132 valence electrons. The van der Waals surface area contributed by atoms with Crippen LogP contribution in [0, 0.1) is 13.8 Å². The van der Waals surface area contributed by atoms with Gasteiger partial charge >= 0.3 is 0 Å². The first kappa shape index (κ1) is 18.5. The van der Waals surface area contributed by atoms with Gasteiger partial charge in [-0.05, 0) is 57.7 Å². The summed E-state index contributed by atoms with van der Waals surface area (Å²) in [5.74, 6) is -0.0820. The van der Waals surface area contributed by atoms with Crippen molar-refractivity contribution < 1.29 is 14.3 Å². The molecule has 1 heterocycles. The number of hydrogen-bond acceptors (Lipinski definition) is 3. The summed E-state index contributed by atoms with van der Waals surface area (Å²) in [6.07, 6.45) is 1.71. The van der Waals surface area contributed by atoms with Crippen LogP contribution >= 0.6 is 0 Å². The zero-order valence-electron chi connectivity index (χ0n) is 15.1. The average Bonchev–Trinajstić information content (AvgIpc) is 2.86. The van der Waals surface area contributed by atoms with E-state index in [-0.39, 0.29) is 11.8 Å². The molecule has 1 aromatic carbocycles. The van der Waals surface area contributed by atoms with Crippen molar-refractivity contribution in [3.8, 4) is 0 Å². The molecule has 0 radical (unpaired) electrons. The van der Waals surface area contributed by atoms with Gasteiger partial charge in [0.05, 0.1) is 0 Å². The van der Waals surface area contributed by atoms with Crippen molar-refractivity contribution in [2.75, 3.05) is 24.7 Å². The third-order valence-corrected chi connectivity index (χ3v) is 4.83.